The highest BCUT2D eigenvalue weighted by molar-refractivity contribution is 7.07. The lowest BCUT2D eigenvalue weighted by Crippen LogP contribution is -2.59. The van der Waals surface area contributed by atoms with Gasteiger partial charge in [-0.05, 0) is 59.2 Å². The summed E-state index contributed by atoms with van der Waals surface area (Å²) in [5, 5.41) is 17.0. The molecule has 2 aromatic rings. The number of hydrogen-bond acceptors (Lipinski definition) is 9. The second-order valence-electron chi connectivity index (χ2n) is 14.1. The Morgan fingerprint density at radius 3 is 2.59 bits per heavy atom. The molecule has 0 unspecified atom stereocenters. The van der Waals surface area contributed by atoms with Gasteiger partial charge < -0.3 is 30.4 Å². The van der Waals surface area contributed by atoms with Gasteiger partial charge in [-0.3, -0.25) is 19.2 Å². The molecular weight excluding hydrogens is 670 g/mol. The number of oxime groups is 1. The second-order valence-corrected chi connectivity index (χ2v) is 15.3. The minimum atomic E-state index is -1.08. The van der Waals surface area contributed by atoms with E-state index in [-0.39, 0.29) is 32.0 Å². The fourth-order valence-corrected chi connectivity index (χ4v) is 6.98. The van der Waals surface area contributed by atoms with Gasteiger partial charge in [-0.2, -0.15) is 11.3 Å². The molecule has 4 amide bonds. The number of likely N-dealkylation sites (tertiary alicyclic amines) is 1. The Labute approximate surface area is 295 Å². The zero-order valence-corrected chi connectivity index (χ0v) is 29.8. The number of halogens is 1. The SMILES string of the molecule is CCC[C@H](NC(=O)[C@@H]1C[C@]2(CC(c3cccc(Cl)c3)=NO2)CN1C(=O)[C@@H](NC(=O)OCCc1ccsc1)C(C)(C)C)C(=O)C(=O)NC1CC1. The molecule has 12 nitrogen and oxygen atoms in total. The van der Waals surface area contributed by atoms with Gasteiger partial charge >= 0.3 is 6.09 Å². The van der Waals surface area contributed by atoms with Crippen LogP contribution < -0.4 is 16.0 Å². The summed E-state index contributed by atoms with van der Waals surface area (Å²) in [7, 11) is 0. The highest BCUT2D eigenvalue weighted by atomic mass is 35.5. The number of ketones is 1. The first-order chi connectivity index (χ1) is 23.3. The van der Waals surface area contributed by atoms with E-state index in [0.717, 1.165) is 24.0 Å². The van der Waals surface area contributed by atoms with Crippen LogP contribution in [0.4, 0.5) is 4.79 Å². The molecule has 2 fully saturated rings. The van der Waals surface area contributed by atoms with Gasteiger partial charge in [0.1, 0.15) is 12.1 Å². The summed E-state index contributed by atoms with van der Waals surface area (Å²) in [5.41, 5.74) is 0.585. The van der Waals surface area contributed by atoms with E-state index in [4.69, 9.17) is 21.2 Å². The Bertz CT molecular complexity index is 1590. The molecule has 1 aliphatic carbocycles. The third kappa shape index (κ3) is 9.18. The maximum absolute atomic E-state index is 14.5. The third-order valence-corrected chi connectivity index (χ3v) is 9.88. The maximum atomic E-state index is 14.5. The van der Waals surface area contributed by atoms with E-state index < -0.39 is 58.7 Å². The first-order valence-corrected chi connectivity index (χ1v) is 18.0. The van der Waals surface area contributed by atoms with E-state index >= 15 is 0 Å². The number of rotatable bonds is 13. The number of alkyl carbamates (subject to hydrolysis) is 1. The number of carbonyl (C=O) groups excluding carboxylic acids is 5. The van der Waals surface area contributed by atoms with Crippen molar-refractivity contribution in [2.24, 2.45) is 10.6 Å². The molecule has 0 radical (unpaired) electrons. The van der Waals surface area contributed by atoms with Crippen molar-refractivity contribution >= 4 is 58.2 Å². The molecular formula is C35H44ClN5O7S. The molecule has 4 atom stereocenters. The minimum absolute atomic E-state index is 0.00644. The number of Topliss-reactive ketones (excluding diaryl/α,β-unsaturated/α-hetero) is 1. The van der Waals surface area contributed by atoms with Crippen molar-refractivity contribution in [1.29, 1.82) is 0 Å². The van der Waals surface area contributed by atoms with Crippen LogP contribution >= 0.6 is 22.9 Å². The normalized spacial score (nSPS) is 21.4. The molecule has 3 N–H and O–H groups in total. The first kappa shape index (κ1) is 36.3. The highest BCUT2D eigenvalue weighted by Gasteiger charge is 2.55. The fraction of sp³-hybridized carbons (Fsp3) is 0.543. The van der Waals surface area contributed by atoms with Crippen LogP contribution in [0.5, 0.6) is 0 Å². The molecule has 2 aliphatic heterocycles. The number of nitrogens with zero attached hydrogens (tertiary/aromatic N) is 2. The van der Waals surface area contributed by atoms with E-state index in [1.54, 1.807) is 29.5 Å². The second kappa shape index (κ2) is 15.3. The maximum Gasteiger partial charge on any atom is 0.407 e. The van der Waals surface area contributed by atoms with Crippen LogP contribution in [0.1, 0.15) is 77.3 Å². The number of thiophene rings is 1. The monoisotopic (exact) mass is 713 g/mol. The van der Waals surface area contributed by atoms with Crippen molar-refractivity contribution < 1.29 is 33.5 Å². The molecule has 264 valence electrons. The molecule has 0 bridgehead atoms. The Morgan fingerprint density at radius 1 is 1.16 bits per heavy atom. The number of carbonyl (C=O) groups is 5. The van der Waals surface area contributed by atoms with Gasteiger partial charge in [-0.15, -0.1) is 0 Å². The molecule has 1 saturated carbocycles. The van der Waals surface area contributed by atoms with Crippen molar-refractivity contribution in [2.45, 2.75) is 102 Å². The Hall–Kier alpha value is -3.97. The summed E-state index contributed by atoms with van der Waals surface area (Å²) in [6.45, 7) is 7.40. The van der Waals surface area contributed by atoms with Crippen LogP contribution in [0.25, 0.3) is 0 Å². The summed E-state index contributed by atoms with van der Waals surface area (Å²) in [4.78, 5) is 74.7. The predicted octanol–water partition coefficient (Wildman–Crippen LogP) is 4.38. The number of ether oxygens (including phenoxy) is 1. The fourth-order valence-electron chi connectivity index (χ4n) is 6.09. The highest BCUT2D eigenvalue weighted by Crippen LogP contribution is 2.40. The molecule has 3 aliphatic rings. The van der Waals surface area contributed by atoms with Gasteiger partial charge in [0.25, 0.3) is 5.91 Å². The number of benzene rings is 1. The summed E-state index contributed by atoms with van der Waals surface area (Å²) in [6.07, 6.45) is 2.56. The quantitative estimate of drug-likeness (QED) is 0.260. The van der Waals surface area contributed by atoms with Crippen molar-refractivity contribution in [3.8, 4) is 0 Å². The molecule has 1 saturated heterocycles. The first-order valence-electron chi connectivity index (χ1n) is 16.7. The van der Waals surface area contributed by atoms with Crippen LogP contribution in [0.3, 0.4) is 0 Å². The molecule has 49 heavy (non-hydrogen) atoms. The average Bonchev–Trinajstić information content (AvgIpc) is 3.40. The van der Waals surface area contributed by atoms with Crippen LogP contribution in [0.15, 0.2) is 46.2 Å². The molecule has 1 aromatic heterocycles. The topological polar surface area (TPSA) is 156 Å². The summed E-state index contributed by atoms with van der Waals surface area (Å²) < 4.78 is 5.43. The summed E-state index contributed by atoms with van der Waals surface area (Å²) in [5.74, 6) is -2.56. The van der Waals surface area contributed by atoms with Crippen LogP contribution in [-0.4, -0.2) is 83.1 Å². The van der Waals surface area contributed by atoms with Crippen LogP contribution in [0.2, 0.25) is 5.02 Å². The lowest BCUT2D eigenvalue weighted by atomic mass is 9.85. The Morgan fingerprint density at radius 2 is 1.94 bits per heavy atom. The van der Waals surface area contributed by atoms with Gasteiger partial charge in [0.2, 0.25) is 17.6 Å². The van der Waals surface area contributed by atoms with Crippen molar-refractivity contribution in [3.63, 3.8) is 0 Å². The standard InChI is InChI=1S/C35H44ClN5O7S/c1-5-7-25(28(42)31(44)37-24-10-11-24)38-30(43)27-18-35(17-26(40-48-35)22-8-6-9-23(36)16-22)20-41(27)32(45)29(34(2,3)4)39-33(46)47-14-12-21-13-15-49-19-21/h6,8-9,13,15-16,19,24-25,27,29H,5,7,10-12,14,17-18,20H2,1-4H3,(H,37,44)(H,38,43)(H,39,46)/t25-,27-,29+,35+/m0/s1. The van der Waals surface area contributed by atoms with Gasteiger partial charge in [-0.25, -0.2) is 4.79 Å². The largest absolute Gasteiger partial charge is 0.449 e. The predicted molar refractivity (Wildman–Crippen MR) is 185 cm³/mol. The Kier molecular flexibility index (Phi) is 11.3. The van der Waals surface area contributed by atoms with Crippen molar-refractivity contribution in [1.82, 2.24) is 20.9 Å². The van der Waals surface area contributed by atoms with Crippen molar-refractivity contribution in [3.05, 3.63) is 57.2 Å². The summed E-state index contributed by atoms with van der Waals surface area (Å²) >= 11 is 7.78. The van der Waals surface area contributed by atoms with E-state index in [0.29, 0.717) is 30.0 Å². The van der Waals surface area contributed by atoms with E-state index in [2.05, 4.69) is 21.1 Å². The van der Waals surface area contributed by atoms with Gasteiger partial charge in [0.05, 0.1) is 24.9 Å². The van der Waals surface area contributed by atoms with Gasteiger partial charge in [0.15, 0.2) is 5.60 Å². The number of nitrogens with one attached hydrogen (secondary N) is 3. The smallest absolute Gasteiger partial charge is 0.407 e. The molecule has 5 rings (SSSR count). The lowest BCUT2D eigenvalue weighted by Gasteiger charge is -2.35. The molecule has 1 spiro atoms. The van der Waals surface area contributed by atoms with Crippen LogP contribution in [-0.2, 0) is 35.2 Å². The zero-order valence-electron chi connectivity index (χ0n) is 28.3. The molecule has 1 aromatic carbocycles. The zero-order chi connectivity index (χ0) is 35.3. The lowest BCUT2D eigenvalue weighted by molar-refractivity contribution is -0.144. The van der Waals surface area contributed by atoms with Gasteiger partial charge in [-0.1, -0.05) is 63.0 Å². The third-order valence-electron chi connectivity index (χ3n) is 8.91. The number of amides is 4. The average molecular weight is 714 g/mol. The summed E-state index contributed by atoms with van der Waals surface area (Å²) in [6, 6.07) is 5.88. The van der Waals surface area contributed by atoms with E-state index in [1.165, 1.54) is 4.90 Å². The minimum Gasteiger partial charge on any atom is -0.449 e. The molecule has 3 heterocycles. The van der Waals surface area contributed by atoms with E-state index in [1.807, 2.05) is 50.6 Å². The van der Waals surface area contributed by atoms with Gasteiger partial charge in [0, 0.05) is 35.9 Å². The number of hydrogen-bond donors (Lipinski definition) is 3. The van der Waals surface area contributed by atoms with Crippen LogP contribution in [0, 0.1) is 5.41 Å². The Balaban J connectivity index is 1.36. The van der Waals surface area contributed by atoms with E-state index in [9.17, 15) is 24.0 Å². The van der Waals surface area contributed by atoms with Crippen molar-refractivity contribution in [2.75, 3.05) is 13.2 Å². The molecule has 14 heteroatoms.